The molecule has 0 bridgehead atoms. The van der Waals surface area contributed by atoms with E-state index in [1.807, 2.05) is 13.8 Å². The number of aromatic nitrogens is 2. The molecule has 2 rings (SSSR count). The Labute approximate surface area is 114 Å². The van der Waals surface area contributed by atoms with Gasteiger partial charge in [-0.2, -0.15) is 18.3 Å². The molecule has 1 aromatic heterocycles. The van der Waals surface area contributed by atoms with Crippen molar-refractivity contribution in [1.29, 1.82) is 0 Å². The van der Waals surface area contributed by atoms with Crippen LogP contribution in [0.2, 0.25) is 0 Å². The normalized spacial score (nSPS) is 11.9. The van der Waals surface area contributed by atoms with Gasteiger partial charge in [0.15, 0.2) is 6.29 Å². The Kier molecular flexibility index (Phi) is 3.65. The maximum atomic E-state index is 13.0. The summed E-state index contributed by atoms with van der Waals surface area (Å²) in [5.74, 6) is 0. The van der Waals surface area contributed by atoms with Gasteiger partial charge in [-0.25, -0.2) is 0 Å². The smallest absolute Gasteiger partial charge is 0.298 e. The maximum absolute atomic E-state index is 13.0. The van der Waals surface area contributed by atoms with Gasteiger partial charge in [-0.3, -0.25) is 9.48 Å². The average Bonchev–Trinajstić information content (AvgIpc) is 2.82. The van der Waals surface area contributed by atoms with Crippen LogP contribution in [0.1, 0.15) is 35.8 Å². The SMILES string of the molecule is CC(C)n1cc(C=O)c(-c2ccccc2C(F)(F)F)n1. The average molecular weight is 282 g/mol. The highest BCUT2D eigenvalue weighted by molar-refractivity contribution is 5.86. The van der Waals surface area contributed by atoms with E-state index in [0.29, 0.717) is 6.29 Å². The Morgan fingerprint density at radius 2 is 1.90 bits per heavy atom. The molecule has 0 aliphatic rings. The zero-order valence-corrected chi connectivity index (χ0v) is 11.0. The molecule has 106 valence electrons. The van der Waals surface area contributed by atoms with Crippen LogP contribution in [-0.2, 0) is 6.18 Å². The van der Waals surface area contributed by atoms with Crippen LogP contribution in [0.15, 0.2) is 30.5 Å². The van der Waals surface area contributed by atoms with Crippen LogP contribution >= 0.6 is 0 Å². The highest BCUT2D eigenvalue weighted by atomic mass is 19.4. The van der Waals surface area contributed by atoms with Gasteiger partial charge in [0.1, 0.15) is 5.69 Å². The molecular formula is C14H13F3N2O. The van der Waals surface area contributed by atoms with E-state index >= 15 is 0 Å². The van der Waals surface area contributed by atoms with Crippen molar-refractivity contribution in [2.45, 2.75) is 26.1 Å². The minimum atomic E-state index is -4.49. The fourth-order valence-corrected chi connectivity index (χ4v) is 1.90. The van der Waals surface area contributed by atoms with Gasteiger partial charge in [0.25, 0.3) is 0 Å². The first kappa shape index (κ1) is 14.3. The van der Waals surface area contributed by atoms with Crippen LogP contribution in [-0.4, -0.2) is 16.1 Å². The van der Waals surface area contributed by atoms with Crippen molar-refractivity contribution in [3.63, 3.8) is 0 Å². The molecule has 0 aliphatic heterocycles. The van der Waals surface area contributed by atoms with E-state index in [1.54, 1.807) is 0 Å². The highest BCUT2D eigenvalue weighted by Gasteiger charge is 2.34. The van der Waals surface area contributed by atoms with E-state index in [1.165, 1.54) is 29.1 Å². The summed E-state index contributed by atoms with van der Waals surface area (Å²) < 4.78 is 40.5. The van der Waals surface area contributed by atoms with Gasteiger partial charge < -0.3 is 0 Å². The fourth-order valence-electron chi connectivity index (χ4n) is 1.90. The molecule has 0 amide bonds. The molecule has 0 N–H and O–H groups in total. The molecule has 0 aliphatic carbocycles. The first-order chi connectivity index (χ1) is 9.34. The Hall–Kier alpha value is -2.11. The van der Waals surface area contributed by atoms with Crippen LogP contribution in [0.5, 0.6) is 0 Å². The van der Waals surface area contributed by atoms with Crippen LogP contribution in [0.3, 0.4) is 0 Å². The standard InChI is InChI=1S/C14H13F3N2O/c1-9(2)19-7-10(8-20)13(18-19)11-5-3-4-6-12(11)14(15,16)17/h3-9H,1-2H3. The van der Waals surface area contributed by atoms with Crippen LogP contribution < -0.4 is 0 Å². The third-order valence-corrected chi connectivity index (χ3v) is 2.90. The monoisotopic (exact) mass is 282 g/mol. The second-order valence-corrected chi connectivity index (χ2v) is 4.67. The number of halogens is 3. The molecule has 1 heterocycles. The molecular weight excluding hydrogens is 269 g/mol. The fraction of sp³-hybridized carbons (Fsp3) is 0.286. The maximum Gasteiger partial charge on any atom is 0.417 e. The lowest BCUT2D eigenvalue weighted by Gasteiger charge is -2.11. The van der Waals surface area contributed by atoms with E-state index in [4.69, 9.17) is 0 Å². The molecule has 0 saturated carbocycles. The molecule has 0 unspecified atom stereocenters. The number of alkyl halides is 3. The molecule has 0 spiro atoms. The molecule has 1 aromatic carbocycles. The lowest BCUT2D eigenvalue weighted by atomic mass is 10.0. The molecule has 3 nitrogen and oxygen atoms in total. The third-order valence-electron chi connectivity index (χ3n) is 2.90. The largest absolute Gasteiger partial charge is 0.417 e. The number of nitrogens with zero attached hydrogens (tertiary/aromatic N) is 2. The van der Waals surface area contributed by atoms with E-state index in [-0.39, 0.29) is 22.9 Å². The summed E-state index contributed by atoms with van der Waals surface area (Å²) in [5, 5.41) is 4.11. The first-order valence-corrected chi connectivity index (χ1v) is 6.05. The number of aldehydes is 1. The molecule has 0 radical (unpaired) electrons. The molecule has 0 atom stereocenters. The van der Waals surface area contributed by atoms with Gasteiger partial charge in [-0.05, 0) is 19.9 Å². The summed E-state index contributed by atoms with van der Waals surface area (Å²) in [7, 11) is 0. The Morgan fingerprint density at radius 1 is 1.25 bits per heavy atom. The lowest BCUT2D eigenvalue weighted by molar-refractivity contribution is -0.137. The number of carbonyl (C=O) groups is 1. The van der Waals surface area contributed by atoms with Crippen molar-refractivity contribution in [1.82, 2.24) is 9.78 Å². The van der Waals surface area contributed by atoms with E-state index in [2.05, 4.69) is 5.10 Å². The van der Waals surface area contributed by atoms with Gasteiger partial charge >= 0.3 is 6.18 Å². The van der Waals surface area contributed by atoms with Gasteiger partial charge in [0.05, 0.1) is 11.1 Å². The minimum absolute atomic E-state index is 0.0412. The Bertz CT molecular complexity index is 630. The zero-order valence-electron chi connectivity index (χ0n) is 11.0. The number of benzene rings is 1. The molecule has 2 aromatic rings. The van der Waals surface area contributed by atoms with Gasteiger partial charge in [0.2, 0.25) is 0 Å². The molecule has 0 saturated heterocycles. The number of carbonyl (C=O) groups excluding carboxylic acids is 1. The van der Waals surface area contributed by atoms with Crippen molar-refractivity contribution in [2.75, 3.05) is 0 Å². The van der Waals surface area contributed by atoms with Crippen molar-refractivity contribution in [3.8, 4) is 11.3 Å². The van der Waals surface area contributed by atoms with Crippen molar-refractivity contribution in [2.24, 2.45) is 0 Å². The molecule has 0 fully saturated rings. The zero-order chi connectivity index (χ0) is 14.9. The summed E-state index contributed by atoms with van der Waals surface area (Å²) in [6, 6.07) is 5.07. The summed E-state index contributed by atoms with van der Waals surface area (Å²) >= 11 is 0. The predicted octanol–water partition coefficient (Wildman–Crippen LogP) is 3.96. The third kappa shape index (κ3) is 2.59. The lowest BCUT2D eigenvalue weighted by Crippen LogP contribution is -2.08. The van der Waals surface area contributed by atoms with Gasteiger partial charge in [-0.15, -0.1) is 0 Å². The second kappa shape index (κ2) is 5.11. The number of hydrogen-bond acceptors (Lipinski definition) is 2. The van der Waals surface area contributed by atoms with Crippen molar-refractivity contribution < 1.29 is 18.0 Å². The predicted molar refractivity (Wildman–Crippen MR) is 68.4 cm³/mol. The van der Waals surface area contributed by atoms with E-state index in [0.717, 1.165) is 6.07 Å². The molecule has 20 heavy (non-hydrogen) atoms. The molecule has 6 heteroatoms. The summed E-state index contributed by atoms with van der Waals surface area (Å²) in [6.45, 7) is 3.67. The van der Waals surface area contributed by atoms with Crippen LogP contribution in [0.25, 0.3) is 11.3 Å². The number of rotatable bonds is 3. The first-order valence-electron chi connectivity index (χ1n) is 6.05. The second-order valence-electron chi connectivity index (χ2n) is 4.67. The van der Waals surface area contributed by atoms with Crippen molar-refractivity contribution in [3.05, 3.63) is 41.6 Å². The topological polar surface area (TPSA) is 34.9 Å². The van der Waals surface area contributed by atoms with Crippen molar-refractivity contribution >= 4 is 6.29 Å². The Balaban J connectivity index is 2.66. The Morgan fingerprint density at radius 3 is 2.45 bits per heavy atom. The van der Waals surface area contributed by atoms with Gasteiger partial charge in [-0.1, -0.05) is 18.2 Å². The van der Waals surface area contributed by atoms with E-state index < -0.39 is 11.7 Å². The minimum Gasteiger partial charge on any atom is -0.298 e. The van der Waals surface area contributed by atoms with E-state index in [9.17, 15) is 18.0 Å². The number of hydrogen-bond donors (Lipinski definition) is 0. The van der Waals surface area contributed by atoms with Crippen LogP contribution in [0, 0.1) is 0 Å². The van der Waals surface area contributed by atoms with Gasteiger partial charge in [0, 0.05) is 17.8 Å². The van der Waals surface area contributed by atoms with Crippen LogP contribution in [0.4, 0.5) is 13.2 Å². The highest BCUT2D eigenvalue weighted by Crippen LogP contribution is 2.37. The summed E-state index contributed by atoms with van der Waals surface area (Å²) in [5.41, 5.74) is -0.671. The summed E-state index contributed by atoms with van der Waals surface area (Å²) in [4.78, 5) is 11.1. The summed E-state index contributed by atoms with van der Waals surface area (Å²) in [6.07, 6.45) is -2.51. The quantitative estimate of drug-likeness (QED) is 0.799.